The Bertz CT molecular complexity index is 77.0. The molecule has 0 amide bonds. The molecule has 0 aromatic carbocycles. The van der Waals surface area contributed by atoms with Gasteiger partial charge in [0.2, 0.25) is 0 Å². The SMILES string of the molecule is CCC(CC)N1CSC1. The molecule has 9 heavy (non-hydrogen) atoms. The molecule has 0 aromatic heterocycles. The van der Waals surface area contributed by atoms with E-state index in [1.54, 1.807) is 0 Å². The smallest absolute Gasteiger partial charge is 0.0468 e. The first-order valence-corrected chi connectivity index (χ1v) is 4.85. The summed E-state index contributed by atoms with van der Waals surface area (Å²) >= 11 is 2.03. The fourth-order valence-electron chi connectivity index (χ4n) is 1.21. The molecule has 0 bridgehead atoms. The summed E-state index contributed by atoms with van der Waals surface area (Å²) in [5.41, 5.74) is 0. The molecule has 0 spiro atoms. The Balaban J connectivity index is 2.19. The van der Waals surface area contributed by atoms with E-state index >= 15 is 0 Å². The van der Waals surface area contributed by atoms with Crippen LogP contribution in [0.3, 0.4) is 0 Å². The lowest BCUT2D eigenvalue weighted by atomic mass is 10.1. The van der Waals surface area contributed by atoms with Crippen molar-refractivity contribution in [3.8, 4) is 0 Å². The molecular weight excluding hydrogens is 130 g/mol. The van der Waals surface area contributed by atoms with Gasteiger partial charge in [-0.05, 0) is 12.8 Å². The molecule has 0 radical (unpaired) electrons. The molecule has 1 aliphatic heterocycles. The standard InChI is InChI=1S/C7H15NS/c1-3-7(4-2)8-5-9-6-8/h7H,3-6H2,1-2H3. The van der Waals surface area contributed by atoms with Gasteiger partial charge in [0.05, 0.1) is 0 Å². The number of nitrogens with zero attached hydrogens (tertiary/aromatic N) is 1. The van der Waals surface area contributed by atoms with Crippen LogP contribution in [-0.2, 0) is 0 Å². The minimum Gasteiger partial charge on any atom is -0.282 e. The van der Waals surface area contributed by atoms with E-state index in [0.717, 1.165) is 6.04 Å². The molecule has 2 heteroatoms. The maximum atomic E-state index is 2.55. The summed E-state index contributed by atoms with van der Waals surface area (Å²) in [7, 11) is 0. The predicted octanol–water partition coefficient (Wildman–Crippen LogP) is 2.14. The molecule has 1 aliphatic rings. The van der Waals surface area contributed by atoms with Crippen molar-refractivity contribution in [3.05, 3.63) is 0 Å². The zero-order valence-corrected chi connectivity index (χ0v) is 7.08. The highest BCUT2D eigenvalue weighted by Crippen LogP contribution is 2.23. The fourth-order valence-corrected chi connectivity index (χ4v) is 2.03. The van der Waals surface area contributed by atoms with Crippen LogP contribution < -0.4 is 0 Å². The molecule has 54 valence electrons. The summed E-state index contributed by atoms with van der Waals surface area (Å²) < 4.78 is 0. The first kappa shape index (κ1) is 7.42. The van der Waals surface area contributed by atoms with Gasteiger partial charge in [0.25, 0.3) is 0 Å². The molecule has 0 aliphatic carbocycles. The number of hydrogen-bond donors (Lipinski definition) is 0. The van der Waals surface area contributed by atoms with E-state index in [4.69, 9.17) is 0 Å². The lowest BCUT2D eigenvalue weighted by Gasteiger charge is -2.36. The number of hydrogen-bond acceptors (Lipinski definition) is 2. The van der Waals surface area contributed by atoms with E-state index in [0.29, 0.717) is 0 Å². The van der Waals surface area contributed by atoms with Gasteiger partial charge in [-0.2, -0.15) is 0 Å². The molecule has 0 atom stereocenters. The summed E-state index contributed by atoms with van der Waals surface area (Å²) in [6.07, 6.45) is 2.63. The summed E-state index contributed by atoms with van der Waals surface area (Å²) in [5.74, 6) is 2.54. The Morgan fingerprint density at radius 3 is 2.00 bits per heavy atom. The van der Waals surface area contributed by atoms with Crippen molar-refractivity contribution in [2.45, 2.75) is 32.7 Å². The summed E-state index contributed by atoms with van der Waals surface area (Å²) in [4.78, 5) is 2.55. The van der Waals surface area contributed by atoms with E-state index in [2.05, 4.69) is 18.7 Å². The Kier molecular flexibility index (Phi) is 2.86. The summed E-state index contributed by atoms with van der Waals surface area (Å²) in [5, 5.41) is 0. The minimum absolute atomic E-state index is 0.867. The molecule has 0 aromatic rings. The molecule has 1 nitrogen and oxygen atoms in total. The topological polar surface area (TPSA) is 3.24 Å². The minimum atomic E-state index is 0.867. The van der Waals surface area contributed by atoms with Crippen LogP contribution in [0.2, 0.25) is 0 Å². The Hall–Kier alpha value is 0.310. The normalized spacial score (nSPS) is 20.3. The highest BCUT2D eigenvalue weighted by molar-refractivity contribution is 8.00. The largest absolute Gasteiger partial charge is 0.282 e. The highest BCUT2D eigenvalue weighted by atomic mass is 32.2. The fraction of sp³-hybridized carbons (Fsp3) is 1.00. The first-order valence-electron chi connectivity index (χ1n) is 3.70. The van der Waals surface area contributed by atoms with Crippen LogP contribution in [0.25, 0.3) is 0 Å². The molecule has 0 unspecified atom stereocenters. The van der Waals surface area contributed by atoms with Gasteiger partial charge in [0.1, 0.15) is 0 Å². The van der Waals surface area contributed by atoms with Gasteiger partial charge in [-0.1, -0.05) is 13.8 Å². The quantitative estimate of drug-likeness (QED) is 0.598. The van der Waals surface area contributed by atoms with Gasteiger partial charge in [-0.15, -0.1) is 11.8 Å². The van der Waals surface area contributed by atoms with Crippen molar-refractivity contribution < 1.29 is 0 Å². The van der Waals surface area contributed by atoms with Crippen LogP contribution in [0.1, 0.15) is 26.7 Å². The summed E-state index contributed by atoms with van der Waals surface area (Å²) in [6, 6.07) is 0.867. The van der Waals surface area contributed by atoms with E-state index < -0.39 is 0 Å². The van der Waals surface area contributed by atoms with Crippen molar-refractivity contribution in [2.24, 2.45) is 0 Å². The third-order valence-electron chi connectivity index (χ3n) is 1.97. The third-order valence-corrected chi connectivity index (χ3v) is 3.00. The second-order valence-corrected chi connectivity index (χ2v) is 3.45. The molecule has 1 rings (SSSR count). The van der Waals surface area contributed by atoms with Crippen molar-refractivity contribution in [3.63, 3.8) is 0 Å². The molecule has 1 heterocycles. The highest BCUT2D eigenvalue weighted by Gasteiger charge is 2.20. The number of thioether (sulfide) groups is 1. The van der Waals surface area contributed by atoms with Crippen molar-refractivity contribution in [2.75, 3.05) is 11.8 Å². The molecule has 0 N–H and O–H groups in total. The predicted molar refractivity (Wildman–Crippen MR) is 43.5 cm³/mol. The zero-order chi connectivity index (χ0) is 6.69. The second kappa shape index (κ2) is 3.47. The van der Waals surface area contributed by atoms with Gasteiger partial charge in [0, 0.05) is 17.8 Å². The van der Waals surface area contributed by atoms with Crippen LogP contribution in [0.15, 0.2) is 0 Å². The van der Waals surface area contributed by atoms with Crippen molar-refractivity contribution in [1.82, 2.24) is 4.90 Å². The van der Waals surface area contributed by atoms with Crippen LogP contribution >= 0.6 is 11.8 Å². The molecule has 0 saturated carbocycles. The molecule has 1 fully saturated rings. The zero-order valence-electron chi connectivity index (χ0n) is 6.26. The number of rotatable bonds is 3. The van der Waals surface area contributed by atoms with Gasteiger partial charge in [-0.3, -0.25) is 4.90 Å². The molecule has 1 saturated heterocycles. The van der Waals surface area contributed by atoms with Gasteiger partial charge < -0.3 is 0 Å². The van der Waals surface area contributed by atoms with Crippen LogP contribution in [0.5, 0.6) is 0 Å². The Morgan fingerprint density at radius 1 is 1.33 bits per heavy atom. The second-order valence-electron chi connectivity index (χ2n) is 2.52. The van der Waals surface area contributed by atoms with Crippen LogP contribution in [0.4, 0.5) is 0 Å². The van der Waals surface area contributed by atoms with E-state index in [1.807, 2.05) is 11.8 Å². The van der Waals surface area contributed by atoms with Crippen molar-refractivity contribution in [1.29, 1.82) is 0 Å². The van der Waals surface area contributed by atoms with Gasteiger partial charge in [-0.25, -0.2) is 0 Å². The van der Waals surface area contributed by atoms with E-state index in [1.165, 1.54) is 24.6 Å². The lowest BCUT2D eigenvalue weighted by Crippen LogP contribution is -2.40. The first-order chi connectivity index (χ1) is 4.38. The van der Waals surface area contributed by atoms with Crippen LogP contribution in [-0.4, -0.2) is 22.7 Å². The monoisotopic (exact) mass is 145 g/mol. The Morgan fingerprint density at radius 2 is 1.89 bits per heavy atom. The van der Waals surface area contributed by atoms with Gasteiger partial charge in [0.15, 0.2) is 0 Å². The van der Waals surface area contributed by atoms with Crippen molar-refractivity contribution >= 4 is 11.8 Å². The van der Waals surface area contributed by atoms with Gasteiger partial charge >= 0.3 is 0 Å². The third kappa shape index (κ3) is 1.62. The Labute approximate surface area is 61.8 Å². The summed E-state index contributed by atoms with van der Waals surface area (Å²) in [6.45, 7) is 4.55. The van der Waals surface area contributed by atoms with E-state index in [9.17, 15) is 0 Å². The average Bonchev–Trinajstić information content (AvgIpc) is 1.78. The molecular formula is C7H15NS. The lowest BCUT2D eigenvalue weighted by molar-refractivity contribution is 0.236. The van der Waals surface area contributed by atoms with Crippen LogP contribution in [0, 0.1) is 0 Å². The maximum absolute atomic E-state index is 2.55. The van der Waals surface area contributed by atoms with E-state index in [-0.39, 0.29) is 0 Å². The average molecular weight is 145 g/mol. The maximum Gasteiger partial charge on any atom is 0.0468 e.